The molecule has 3 aromatic carbocycles. The summed E-state index contributed by atoms with van der Waals surface area (Å²) in [6.07, 6.45) is -1.22. The van der Waals surface area contributed by atoms with Gasteiger partial charge in [-0.15, -0.1) is 0 Å². The Bertz CT molecular complexity index is 1810. The van der Waals surface area contributed by atoms with Crippen molar-refractivity contribution >= 4 is 49.9 Å². The molecule has 44 heavy (non-hydrogen) atoms. The van der Waals surface area contributed by atoms with Gasteiger partial charge in [0, 0.05) is 16.1 Å². The summed E-state index contributed by atoms with van der Waals surface area (Å²) < 4.78 is 26.2. The van der Waals surface area contributed by atoms with Crippen molar-refractivity contribution in [3.8, 4) is 22.9 Å². The van der Waals surface area contributed by atoms with Crippen LogP contribution < -0.4 is 9.47 Å². The maximum Gasteiger partial charge on any atom is 0.435 e. The first-order valence-electron chi connectivity index (χ1n) is 14.3. The lowest BCUT2D eigenvalue weighted by molar-refractivity contribution is 0.0520. The highest BCUT2D eigenvalue weighted by atomic mass is 79.9. The molecule has 0 amide bonds. The van der Waals surface area contributed by atoms with Gasteiger partial charge in [0.15, 0.2) is 0 Å². The Kier molecular flexibility index (Phi) is 8.74. The van der Waals surface area contributed by atoms with Gasteiger partial charge in [-0.05, 0) is 89.6 Å². The Labute approximate surface area is 264 Å². The number of benzene rings is 3. The molecule has 0 saturated carbocycles. The standard InChI is InChI=1S/C34H36BrN3O6/c1-33(2,3)43-31(39)37-27-14-12-24(41-17-16-35)18-23(27)19-29(37)30-26-20-25(42-21-22-10-8-7-9-11-22)13-15-28(26)38(36-30)32(40)44-34(4,5)6/h7-15,18-20H,16-17,21H2,1-6H3. The van der Waals surface area contributed by atoms with Gasteiger partial charge in [-0.1, -0.05) is 46.3 Å². The molecule has 9 nitrogen and oxygen atoms in total. The molecule has 0 fully saturated rings. The summed E-state index contributed by atoms with van der Waals surface area (Å²) in [5, 5.41) is 6.76. The predicted octanol–water partition coefficient (Wildman–Crippen LogP) is 8.58. The Balaban J connectivity index is 1.70. The first kappa shape index (κ1) is 31.1. The third-order valence-electron chi connectivity index (χ3n) is 6.40. The fraction of sp³-hybridized carbons (Fsp3) is 0.324. The second-order valence-electron chi connectivity index (χ2n) is 12.3. The van der Waals surface area contributed by atoms with Crippen molar-refractivity contribution < 1.29 is 28.5 Å². The molecular weight excluding hydrogens is 626 g/mol. The van der Waals surface area contributed by atoms with Crippen LogP contribution in [-0.4, -0.2) is 49.7 Å². The number of carbonyl (C=O) groups is 2. The summed E-state index contributed by atoms with van der Waals surface area (Å²) in [5.41, 5.74) is 1.46. The summed E-state index contributed by atoms with van der Waals surface area (Å²) in [5.74, 6) is 1.24. The van der Waals surface area contributed by atoms with Crippen LogP contribution in [0.1, 0.15) is 47.1 Å². The van der Waals surface area contributed by atoms with E-state index in [4.69, 9.17) is 24.0 Å². The normalized spacial score (nSPS) is 12.0. The molecule has 0 atom stereocenters. The van der Waals surface area contributed by atoms with Crippen molar-refractivity contribution in [2.75, 3.05) is 11.9 Å². The largest absolute Gasteiger partial charge is 0.493 e. The molecule has 5 rings (SSSR count). The van der Waals surface area contributed by atoms with E-state index < -0.39 is 23.4 Å². The van der Waals surface area contributed by atoms with Gasteiger partial charge in [-0.2, -0.15) is 9.78 Å². The lowest BCUT2D eigenvalue weighted by Gasteiger charge is -2.21. The van der Waals surface area contributed by atoms with Crippen LogP contribution in [0.3, 0.4) is 0 Å². The quantitative estimate of drug-likeness (QED) is 0.161. The molecule has 0 saturated heterocycles. The number of fused-ring (bicyclic) bond motifs is 2. The molecule has 0 aliphatic carbocycles. The highest BCUT2D eigenvalue weighted by Crippen LogP contribution is 2.36. The summed E-state index contributed by atoms with van der Waals surface area (Å²) >= 11 is 3.39. The molecule has 2 heterocycles. The average Bonchev–Trinajstić information content (AvgIpc) is 3.52. The van der Waals surface area contributed by atoms with Crippen LogP contribution >= 0.6 is 15.9 Å². The van der Waals surface area contributed by atoms with Crippen LogP contribution in [0.2, 0.25) is 0 Å². The maximum atomic E-state index is 13.7. The molecular formula is C34H36BrN3O6. The second-order valence-corrected chi connectivity index (χ2v) is 13.1. The number of rotatable bonds is 7. The van der Waals surface area contributed by atoms with Crippen molar-refractivity contribution in [1.82, 2.24) is 14.3 Å². The van der Waals surface area contributed by atoms with Crippen LogP contribution in [0.25, 0.3) is 33.2 Å². The van der Waals surface area contributed by atoms with Gasteiger partial charge in [-0.3, -0.25) is 0 Å². The highest BCUT2D eigenvalue weighted by molar-refractivity contribution is 9.09. The maximum absolute atomic E-state index is 13.7. The van der Waals surface area contributed by atoms with Gasteiger partial charge in [0.25, 0.3) is 0 Å². The van der Waals surface area contributed by atoms with Crippen LogP contribution in [0.5, 0.6) is 11.5 Å². The van der Waals surface area contributed by atoms with Gasteiger partial charge in [-0.25, -0.2) is 14.2 Å². The highest BCUT2D eigenvalue weighted by Gasteiger charge is 2.28. The molecule has 2 aromatic heterocycles. The van der Waals surface area contributed by atoms with Gasteiger partial charge in [0.2, 0.25) is 0 Å². The fourth-order valence-corrected chi connectivity index (χ4v) is 4.84. The summed E-state index contributed by atoms with van der Waals surface area (Å²) in [6.45, 7) is 11.7. The monoisotopic (exact) mass is 661 g/mol. The first-order chi connectivity index (χ1) is 20.8. The van der Waals surface area contributed by atoms with E-state index in [1.54, 1.807) is 32.9 Å². The van der Waals surface area contributed by atoms with E-state index >= 15 is 0 Å². The Morgan fingerprint density at radius 2 is 1.41 bits per heavy atom. The van der Waals surface area contributed by atoms with E-state index in [0.29, 0.717) is 57.9 Å². The number of nitrogens with zero attached hydrogens (tertiary/aromatic N) is 3. The molecule has 0 radical (unpaired) electrons. The Hall–Kier alpha value is -4.31. The number of aromatic nitrogens is 3. The van der Waals surface area contributed by atoms with E-state index in [1.807, 2.05) is 81.4 Å². The van der Waals surface area contributed by atoms with Crippen molar-refractivity contribution in [1.29, 1.82) is 0 Å². The number of alkyl halides is 1. The van der Waals surface area contributed by atoms with Gasteiger partial charge in [0.1, 0.15) is 35.0 Å². The zero-order valence-corrected chi connectivity index (χ0v) is 27.3. The number of halogens is 1. The third-order valence-corrected chi connectivity index (χ3v) is 6.73. The first-order valence-corrected chi connectivity index (χ1v) is 15.5. The Morgan fingerprint density at radius 1 is 0.773 bits per heavy atom. The number of carbonyl (C=O) groups excluding carboxylic acids is 2. The molecule has 0 bridgehead atoms. The van der Waals surface area contributed by atoms with Gasteiger partial charge < -0.3 is 18.9 Å². The molecule has 10 heteroatoms. The topological polar surface area (TPSA) is 93.8 Å². The zero-order chi connectivity index (χ0) is 31.6. The summed E-state index contributed by atoms with van der Waals surface area (Å²) in [4.78, 5) is 27.1. The fourth-order valence-electron chi connectivity index (χ4n) is 4.68. The number of hydrogen-bond donors (Lipinski definition) is 0. The molecule has 0 aliphatic heterocycles. The van der Waals surface area contributed by atoms with Gasteiger partial charge in [0.05, 0.1) is 23.3 Å². The van der Waals surface area contributed by atoms with E-state index in [9.17, 15) is 9.59 Å². The molecule has 0 N–H and O–H groups in total. The molecule has 0 spiro atoms. The smallest absolute Gasteiger partial charge is 0.435 e. The van der Waals surface area contributed by atoms with Crippen molar-refractivity contribution in [3.63, 3.8) is 0 Å². The van der Waals surface area contributed by atoms with Gasteiger partial charge >= 0.3 is 12.2 Å². The minimum absolute atomic E-state index is 0.358. The molecule has 230 valence electrons. The molecule has 0 aliphatic rings. The van der Waals surface area contributed by atoms with Crippen LogP contribution in [0, 0.1) is 0 Å². The molecule has 5 aromatic rings. The number of ether oxygens (including phenoxy) is 4. The van der Waals surface area contributed by atoms with Crippen LogP contribution in [0.4, 0.5) is 9.59 Å². The van der Waals surface area contributed by atoms with Crippen molar-refractivity contribution in [3.05, 3.63) is 78.4 Å². The SMILES string of the molecule is CC(C)(C)OC(=O)n1nc(-c2cc3cc(OCCBr)ccc3n2C(=O)OC(C)(C)C)c2cc(OCc3ccccc3)ccc21. The second kappa shape index (κ2) is 12.4. The van der Waals surface area contributed by atoms with Crippen LogP contribution in [-0.2, 0) is 16.1 Å². The minimum atomic E-state index is -0.750. The van der Waals surface area contributed by atoms with Crippen molar-refractivity contribution in [2.24, 2.45) is 0 Å². The lowest BCUT2D eigenvalue weighted by Crippen LogP contribution is -2.28. The van der Waals surface area contributed by atoms with Crippen LogP contribution in [0.15, 0.2) is 72.8 Å². The van der Waals surface area contributed by atoms with E-state index in [-0.39, 0.29) is 0 Å². The minimum Gasteiger partial charge on any atom is -0.493 e. The lowest BCUT2D eigenvalue weighted by atomic mass is 10.1. The molecule has 0 unspecified atom stereocenters. The van der Waals surface area contributed by atoms with E-state index in [2.05, 4.69) is 15.9 Å². The third kappa shape index (κ3) is 7.07. The number of hydrogen-bond acceptors (Lipinski definition) is 7. The predicted molar refractivity (Wildman–Crippen MR) is 174 cm³/mol. The summed E-state index contributed by atoms with van der Waals surface area (Å²) in [6, 6.07) is 22.5. The zero-order valence-electron chi connectivity index (χ0n) is 25.7. The summed E-state index contributed by atoms with van der Waals surface area (Å²) in [7, 11) is 0. The average molecular weight is 663 g/mol. The van der Waals surface area contributed by atoms with E-state index in [1.165, 1.54) is 9.25 Å². The Morgan fingerprint density at radius 3 is 2.07 bits per heavy atom. The van der Waals surface area contributed by atoms with E-state index in [0.717, 1.165) is 10.9 Å². The van der Waals surface area contributed by atoms with Crippen molar-refractivity contribution in [2.45, 2.75) is 59.4 Å².